The van der Waals surface area contributed by atoms with Crippen molar-refractivity contribution in [3.8, 4) is 0 Å². The van der Waals surface area contributed by atoms with Crippen molar-refractivity contribution in [3.63, 3.8) is 0 Å². The minimum atomic E-state index is -0.427. The first-order valence-corrected chi connectivity index (χ1v) is 8.84. The Labute approximate surface area is 129 Å². The third kappa shape index (κ3) is 3.59. The van der Waals surface area contributed by atoms with E-state index in [9.17, 15) is 0 Å². The summed E-state index contributed by atoms with van der Waals surface area (Å²) in [6, 6.07) is 0.426. The Balaban J connectivity index is 1.69. The summed E-state index contributed by atoms with van der Waals surface area (Å²) in [5, 5.41) is 7.69. The predicted octanol–water partition coefficient (Wildman–Crippen LogP) is 1.36. The highest BCUT2D eigenvalue weighted by Crippen LogP contribution is 2.34. The lowest BCUT2D eigenvalue weighted by Gasteiger charge is -2.33. The number of thioether (sulfide) groups is 1. The molecule has 3 rings (SSSR count). The van der Waals surface area contributed by atoms with E-state index in [0.717, 1.165) is 31.6 Å². The summed E-state index contributed by atoms with van der Waals surface area (Å²) in [4.78, 5) is 4.61. The lowest BCUT2D eigenvalue weighted by molar-refractivity contribution is -0.118. The average molecular weight is 313 g/mol. The zero-order chi connectivity index (χ0) is 14.5. The van der Waals surface area contributed by atoms with Crippen molar-refractivity contribution >= 4 is 11.8 Å². The van der Waals surface area contributed by atoms with Crippen LogP contribution in [0.5, 0.6) is 0 Å². The molecule has 0 saturated carbocycles. The molecule has 0 amide bonds. The van der Waals surface area contributed by atoms with E-state index in [4.69, 9.17) is 14.0 Å². The lowest BCUT2D eigenvalue weighted by atomic mass is 9.93. The predicted molar refractivity (Wildman–Crippen MR) is 80.5 cm³/mol. The molecule has 118 valence electrons. The maximum Gasteiger partial charge on any atom is 0.228 e. The van der Waals surface area contributed by atoms with Crippen molar-refractivity contribution in [3.05, 3.63) is 11.7 Å². The van der Waals surface area contributed by atoms with E-state index in [1.807, 2.05) is 18.7 Å². The SMILES string of the molecule is CCOC1(c2noc(CC3CSCCN3)n2)CCOCC1. The van der Waals surface area contributed by atoms with Gasteiger partial charge in [0.1, 0.15) is 5.60 Å². The minimum absolute atomic E-state index is 0.426. The van der Waals surface area contributed by atoms with Crippen LogP contribution in [-0.4, -0.2) is 54.1 Å². The molecule has 1 aromatic rings. The standard InChI is InChI=1S/C14H23N3O3S/c1-2-19-14(3-6-18-7-4-14)13-16-12(20-17-13)9-11-10-21-8-5-15-11/h11,15H,2-10H2,1H3. The summed E-state index contributed by atoms with van der Waals surface area (Å²) >= 11 is 1.97. The maximum absolute atomic E-state index is 5.98. The van der Waals surface area contributed by atoms with Crippen molar-refractivity contribution in [1.29, 1.82) is 0 Å². The molecular weight excluding hydrogens is 290 g/mol. The molecule has 21 heavy (non-hydrogen) atoms. The molecule has 0 spiro atoms. The highest BCUT2D eigenvalue weighted by Gasteiger charge is 2.40. The summed E-state index contributed by atoms with van der Waals surface area (Å²) in [6.45, 7) is 5.07. The Hall–Kier alpha value is -0.630. The number of nitrogens with one attached hydrogen (secondary N) is 1. The molecule has 2 aliphatic rings. The summed E-state index contributed by atoms with van der Waals surface area (Å²) in [5.74, 6) is 3.67. The van der Waals surface area contributed by atoms with Crippen LogP contribution in [-0.2, 0) is 21.5 Å². The molecule has 1 N–H and O–H groups in total. The highest BCUT2D eigenvalue weighted by molar-refractivity contribution is 7.99. The molecule has 0 aliphatic carbocycles. The van der Waals surface area contributed by atoms with Crippen LogP contribution in [0.25, 0.3) is 0 Å². The zero-order valence-electron chi connectivity index (χ0n) is 12.5. The molecule has 7 heteroatoms. The van der Waals surface area contributed by atoms with Crippen LogP contribution in [0.4, 0.5) is 0 Å². The fourth-order valence-corrected chi connectivity index (χ4v) is 3.84. The zero-order valence-corrected chi connectivity index (χ0v) is 13.3. The summed E-state index contributed by atoms with van der Waals surface area (Å²) in [7, 11) is 0. The molecule has 2 fully saturated rings. The molecular formula is C14H23N3O3S. The smallest absolute Gasteiger partial charge is 0.228 e. The van der Waals surface area contributed by atoms with Gasteiger partial charge in [-0.2, -0.15) is 16.7 Å². The second-order valence-corrected chi connectivity index (χ2v) is 6.63. The fraction of sp³-hybridized carbons (Fsp3) is 0.857. The van der Waals surface area contributed by atoms with Gasteiger partial charge in [0.15, 0.2) is 0 Å². The van der Waals surface area contributed by atoms with Crippen LogP contribution in [0.1, 0.15) is 31.5 Å². The van der Waals surface area contributed by atoms with Crippen molar-refractivity contribution < 1.29 is 14.0 Å². The largest absolute Gasteiger partial charge is 0.381 e. The van der Waals surface area contributed by atoms with Gasteiger partial charge in [-0.1, -0.05) is 5.16 Å². The second kappa shape index (κ2) is 7.09. The lowest BCUT2D eigenvalue weighted by Crippen LogP contribution is -2.39. The van der Waals surface area contributed by atoms with Crippen molar-refractivity contribution in [2.45, 2.75) is 37.8 Å². The van der Waals surface area contributed by atoms with Gasteiger partial charge >= 0.3 is 0 Å². The van der Waals surface area contributed by atoms with Gasteiger partial charge in [-0.3, -0.25) is 0 Å². The Bertz CT molecular complexity index is 437. The first-order valence-electron chi connectivity index (χ1n) is 7.68. The van der Waals surface area contributed by atoms with E-state index in [1.165, 1.54) is 5.75 Å². The summed E-state index contributed by atoms with van der Waals surface area (Å²) in [5.41, 5.74) is -0.427. The van der Waals surface area contributed by atoms with Crippen molar-refractivity contribution in [2.75, 3.05) is 37.9 Å². The highest BCUT2D eigenvalue weighted by atomic mass is 32.2. The second-order valence-electron chi connectivity index (χ2n) is 5.48. The average Bonchev–Trinajstić information content (AvgIpc) is 2.99. The van der Waals surface area contributed by atoms with E-state index in [1.54, 1.807) is 0 Å². The first-order chi connectivity index (χ1) is 10.3. The number of hydrogen-bond acceptors (Lipinski definition) is 7. The molecule has 2 aliphatic heterocycles. The molecule has 0 radical (unpaired) electrons. The van der Waals surface area contributed by atoms with E-state index < -0.39 is 5.60 Å². The third-order valence-electron chi connectivity index (χ3n) is 4.02. The van der Waals surface area contributed by atoms with E-state index >= 15 is 0 Å². The van der Waals surface area contributed by atoms with Crippen LogP contribution in [0, 0.1) is 0 Å². The van der Waals surface area contributed by atoms with Crippen LogP contribution in [0.15, 0.2) is 4.52 Å². The number of rotatable bonds is 5. The molecule has 2 saturated heterocycles. The molecule has 1 atom stereocenters. The number of aromatic nitrogens is 2. The van der Waals surface area contributed by atoms with Crippen molar-refractivity contribution in [2.24, 2.45) is 0 Å². The minimum Gasteiger partial charge on any atom is -0.381 e. The Kier molecular flexibility index (Phi) is 5.15. The molecule has 0 bridgehead atoms. The molecule has 6 nitrogen and oxygen atoms in total. The van der Waals surface area contributed by atoms with E-state index in [-0.39, 0.29) is 0 Å². The molecule has 3 heterocycles. The maximum atomic E-state index is 5.98. The Morgan fingerprint density at radius 1 is 1.43 bits per heavy atom. The van der Waals surface area contributed by atoms with Gasteiger partial charge in [0.2, 0.25) is 11.7 Å². The fourth-order valence-electron chi connectivity index (χ4n) is 2.89. The molecule has 1 aromatic heterocycles. The van der Waals surface area contributed by atoms with E-state index in [0.29, 0.717) is 37.6 Å². The summed E-state index contributed by atoms with van der Waals surface area (Å²) in [6.07, 6.45) is 2.37. The van der Waals surface area contributed by atoms with Crippen LogP contribution in [0.2, 0.25) is 0 Å². The van der Waals surface area contributed by atoms with Crippen LogP contribution in [0.3, 0.4) is 0 Å². The normalized spacial score (nSPS) is 25.9. The van der Waals surface area contributed by atoms with Gasteiger partial charge in [0, 0.05) is 63.2 Å². The van der Waals surface area contributed by atoms with Crippen LogP contribution < -0.4 is 5.32 Å². The number of nitrogens with zero attached hydrogens (tertiary/aromatic N) is 2. The Morgan fingerprint density at radius 2 is 2.29 bits per heavy atom. The van der Waals surface area contributed by atoms with Gasteiger partial charge < -0.3 is 19.3 Å². The quantitative estimate of drug-likeness (QED) is 0.880. The van der Waals surface area contributed by atoms with E-state index in [2.05, 4.69) is 15.5 Å². The number of ether oxygens (including phenoxy) is 2. The first kappa shape index (κ1) is 15.3. The van der Waals surface area contributed by atoms with Gasteiger partial charge in [0.05, 0.1) is 0 Å². The topological polar surface area (TPSA) is 69.4 Å². The van der Waals surface area contributed by atoms with Gasteiger partial charge in [0.25, 0.3) is 0 Å². The Morgan fingerprint density at radius 3 is 3.00 bits per heavy atom. The van der Waals surface area contributed by atoms with Gasteiger partial charge in [-0.05, 0) is 6.92 Å². The van der Waals surface area contributed by atoms with Gasteiger partial charge in [-0.15, -0.1) is 0 Å². The monoisotopic (exact) mass is 313 g/mol. The van der Waals surface area contributed by atoms with Gasteiger partial charge in [-0.25, -0.2) is 0 Å². The third-order valence-corrected chi connectivity index (χ3v) is 5.15. The summed E-state index contributed by atoms with van der Waals surface area (Å²) < 4.78 is 16.9. The number of hydrogen-bond donors (Lipinski definition) is 1. The van der Waals surface area contributed by atoms with Crippen molar-refractivity contribution in [1.82, 2.24) is 15.5 Å². The molecule has 1 unspecified atom stereocenters. The molecule has 0 aromatic carbocycles. The van der Waals surface area contributed by atoms with Crippen LogP contribution >= 0.6 is 11.8 Å².